The molecule has 0 atom stereocenters. The van der Waals surface area contributed by atoms with Crippen molar-refractivity contribution in [1.82, 2.24) is 19.3 Å². The smallest absolute Gasteiger partial charge is 0.278 e. The standard InChI is InChI=1S/C13H10N4O/c18-13(17-8-1-6-15-17)11-2-4-12(5-3-11)16-9-7-14-10-16/h1-10H. The lowest BCUT2D eigenvalue weighted by atomic mass is 10.2. The van der Waals surface area contributed by atoms with Gasteiger partial charge in [0.1, 0.15) is 0 Å². The summed E-state index contributed by atoms with van der Waals surface area (Å²) in [5, 5.41) is 3.92. The minimum absolute atomic E-state index is 0.141. The van der Waals surface area contributed by atoms with E-state index in [1.807, 2.05) is 22.9 Å². The van der Waals surface area contributed by atoms with Crippen molar-refractivity contribution >= 4 is 5.91 Å². The van der Waals surface area contributed by atoms with Crippen LogP contribution in [-0.4, -0.2) is 25.2 Å². The number of hydrogen-bond donors (Lipinski definition) is 0. The number of carbonyl (C=O) groups excluding carboxylic acids is 1. The number of rotatable bonds is 2. The maximum absolute atomic E-state index is 12.0. The molecule has 1 aromatic carbocycles. The van der Waals surface area contributed by atoms with Gasteiger partial charge in [-0.05, 0) is 30.3 Å². The van der Waals surface area contributed by atoms with Gasteiger partial charge in [-0.25, -0.2) is 9.67 Å². The highest BCUT2D eigenvalue weighted by atomic mass is 16.2. The summed E-state index contributed by atoms with van der Waals surface area (Å²) >= 11 is 0. The van der Waals surface area contributed by atoms with Crippen LogP contribution in [0.15, 0.2) is 61.4 Å². The Kier molecular flexibility index (Phi) is 2.49. The number of imidazole rings is 1. The SMILES string of the molecule is O=C(c1ccc(-n2ccnc2)cc1)n1cccn1. The Morgan fingerprint density at radius 3 is 2.50 bits per heavy atom. The fraction of sp³-hybridized carbons (Fsp3) is 0. The highest BCUT2D eigenvalue weighted by molar-refractivity contribution is 5.95. The molecule has 2 heterocycles. The van der Waals surface area contributed by atoms with Crippen molar-refractivity contribution in [3.8, 4) is 5.69 Å². The molecule has 18 heavy (non-hydrogen) atoms. The number of benzene rings is 1. The molecule has 5 nitrogen and oxygen atoms in total. The third-order valence-corrected chi connectivity index (χ3v) is 2.63. The Hall–Kier alpha value is -2.69. The summed E-state index contributed by atoms with van der Waals surface area (Å²) in [7, 11) is 0. The Morgan fingerprint density at radius 2 is 1.89 bits per heavy atom. The van der Waals surface area contributed by atoms with Crippen LogP contribution in [0.3, 0.4) is 0 Å². The molecule has 0 saturated heterocycles. The number of hydrogen-bond acceptors (Lipinski definition) is 3. The molecule has 3 aromatic rings. The molecule has 0 N–H and O–H groups in total. The van der Waals surface area contributed by atoms with E-state index in [1.54, 1.807) is 43.1 Å². The second-order valence-electron chi connectivity index (χ2n) is 3.77. The van der Waals surface area contributed by atoms with Gasteiger partial charge in [0, 0.05) is 36.0 Å². The van der Waals surface area contributed by atoms with Crippen LogP contribution in [0.2, 0.25) is 0 Å². The Balaban J connectivity index is 1.90. The van der Waals surface area contributed by atoms with Gasteiger partial charge in [-0.2, -0.15) is 5.10 Å². The van der Waals surface area contributed by atoms with Crippen molar-refractivity contribution in [2.24, 2.45) is 0 Å². The van der Waals surface area contributed by atoms with E-state index in [1.165, 1.54) is 4.68 Å². The Bertz CT molecular complexity index is 639. The zero-order chi connectivity index (χ0) is 12.4. The lowest BCUT2D eigenvalue weighted by Crippen LogP contribution is -2.12. The third kappa shape index (κ3) is 1.82. The molecule has 0 saturated carbocycles. The zero-order valence-corrected chi connectivity index (χ0v) is 9.47. The van der Waals surface area contributed by atoms with Crippen LogP contribution >= 0.6 is 0 Å². The first-order valence-corrected chi connectivity index (χ1v) is 5.47. The maximum Gasteiger partial charge on any atom is 0.278 e. The quantitative estimate of drug-likeness (QED) is 0.683. The normalized spacial score (nSPS) is 10.4. The van der Waals surface area contributed by atoms with Crippen LogP contribution in [-0.2, 0) is 0 Å². The fourth-order valence-electron chi connectivity index (χ4n) is 1.71. The van der Waals surface area contributed by atoms with Gasteiger partial charge in [0.2, 0.25) is 0 Å². The molecule has 0 aliphatic carbocycles. The highest BCUT2D eigenvalue weighted by Gasteiger charge is 2.08. The van der Waals surface area contributed by atoms with Gasteiger partial charge in [-0.1, -0.05) is 0 Å². The van der Waals surface area contributed by atoms with Crippen molar-refractivity contribution in [2.75, 3.05) is 0 Å². The zero-order valence-electron chi connectivity index (χ0n) is 9.47. The van der Waals surface area contributed by atoms with Crippen LogP contribution in [0.1, 0.15) is 10.4 Å². The number of nitrogens with zero attached hydrogens (tertiary/aromatic N) is 4. The van der Waals surface area contributed by atoms with E-state index in [4.69, 9.17) is 0 Å². The molecular weight excluding hydrogens is 228 g/mol. The van der Waals surface area contributed by atoms with Gasteiger partial charge >= 0.3 is 0 Å². The summed E-state index contributed by atoms with van der Waals surface area (Å²) in [4.78, 5) is 16.0. The first-order chi connectivity index (χ1) is 8.84. The number of carbonyl (C=O) groups is 1. The van der Waals surface area contributed by atoms with E-state index < -0.39 is 0 Å². The summed E-state index contributed by atoms with van der Waals surface area (Å²) in [6.07, 6.45) is 8.49. The minimum Gasteiger partial charge on any atom is -0.306 e. The predicted molar refractivity (Wildman–Crippen MR) is 65.5 cm³/mol. The summed E-state index contributed by atoms with van der Waals surface area (Å²) in [6.45, 7) is 0. The molecule has 3 rings (SSSR count). The minimum atomic E-state index is -0.141. The third-order valence-electron chi connectivity index (χ3n) is 2.63. The van der Waals surface area contributed by atoms with Gasteiger partial charge in [0.05, 0.1) is 6.33 Å². The summed E-state index contributed by atoms with van der Waals surface area (Å²) in [6, 6.07) is 9.02. The molecule has 88 valence electrons. The van der Waals surface area contributed by atoms with Crippen molar-refractivity contribution < 1.29 is 4.79 Å². The molecule has 0 bridgehead atoms. The molecule has 0 amide bonds. The summed E-state index contributed by atoms with van der Waals surface area (Å²) in [5.74, 6) is -0.141. The molecule has 0 aliphatic rings. The lowest BCUT2D eigenvalue weighted by Gasteiger charge is -2.04. The van der Waals surface area contributed by atoms with Gasteiger partial charge in [0.15, 0.2) is 0 Å². The van der Waals surface area contributed by atoms with E-state index in [2.05, 4.69) is 10.1 Å². The number of aromatic nitrogens is 4. The van der Waals surface area contributed by atoms with Crippen molar-refractivity contribution in [3.63, 3.8) is 0 Å². The van der Waals surface area contributed by atoms with Gasteiger partial charge in [0.25, 0.3) is 5.91 Å². The van der Waals surface area contributed by atoms with Gasteiger partial charge in [-0.15, -0.1) is 0 Å². The van der Waals surface area contributed by atoms with Crippen molar-refractivity contribution in [1.29, 1.82) is 0 Å². The Labute approximate surface area is 103 Å². The average molecular weight is 238 g/mol. The van der Waals surface area contributed by atoms with Crippen LogP contribution in [0, 0.1) is 0 Å². The summed E-state index contributed by atoms with van der Waals surface area (Å²) < 4.78 is 3.19. The van der Waals surface area contributed by atoms with E-state index >= 15 is 0 Å². The molecular formula is C13H10N4O. The molecule has 0 fully saturated rings. The largest absolute Gasteiger partial charge is 0.306 e. The highest BCUT2D eigenvalue weighted by Crippen LogP contribution is 2.10. The molecule has 5 heteroatoms. The van der Waals surface area contributed by atoms with Gasteiger partial charge < -0.3 is 4.57 Å². The van der Waals surface area contributed by atoms with E-state index in [9.17, 15) is 4.79 Å². The van der Waals surface area contributed by atoms with E-state index in [0.29, 0.717) is 5.56 Å². The van der Waals surface area contributed by atoms with Crippen molar-refractivity contribution in [2.45, 2.75) is 0 Å². The molecule has 2 aromatic heterocycles. The van der Waals surface area contributed by atoms with Gasteiger partial charge in [-0.3, -0.25) is 4.79 Å². The second-order valence-corrected chi connectivity index (χ2v) is 3.77. The maximum atomic E-state index is 12.0. The average Bonchev–Trinajstić information content (AvgIpc) is 3.11. The van der Waals surface area contributed by atoms with E-state index in [-0.39, 0.29) is 5.91 Å². The van der Waals surface area contributed by atoms with Crippen molar-refractivity contribution in [3.05, 3.63) is 67.0 Å². The molecule has 0 spiro atoms. The monoisotopic (exact) mass is 238 g/mol. The fourth-order valence-corrected chi connectivity index (χ4v) is 1.71. The topological polar surface area (TPSA) is 52.7 Å². The van der Waals surface area contributed by atoms with Crippen LogP contribution in [0.4, 0.5) is 0 Å². The Morgan fingerprint density at radius 1 is 1.06 bits per heavy atom. The predicted octanol–water partition coefficient (Wildman–Crippen LogP) is 1.76. The molecule has 0 aliphatic heterocycles. The summed E-state index contributed by atoms with van der Waals surface area (Å²) in [5.41, 5.74) is 1.56. The van der Waals surface area contributed by atoms with Crippen LogP contribution in [0.5, 0.6) is 0 Å². The molecule has 0 unspecified atom stereocenters. The van der Waals surface area contributed by atoms with E-state index in [0.717, 1.165) is 5.69 Å². The first kappa shape index (κ1) is 10.5. The van der Waals surface area contributed by atoms with Crippen LogP contribution < -0.4 is 0 Å². The lowest BCUT2D eigenvalue weighted by molar-refractivity contribution is 0.0945. The van der Waals surface area contributed by atoms with Crippen LogP contribution in [0.25, 0.3) is 5.69 Å². The molecule has 0 radical (unpaired) electrons. The first-order valence-electron chi connectivity index (χ1n) is 5.47. The second kappa shape index (κ2) is 4.29.